The van der Waals surface area contributed by atoms with Crippen molar-refractivity contribution in [3.05, 3.63) is 44.1 Å². The maximum atomic E-state index is 12.4. The minimum absolute atomic E-state index is 0.226. The van der Waals surface area contributed by atoms with Gasteiger partial charge in [-0.2, -0.15) is 0 Å². The van der Waals surface area contributed by atoms with Crippen LogP contribution in [0.15, 0.2) is 27.8 Å². The summed E-state index contributed by atoms with van der Waals surface area (Å²) in [7, 11) is 1.46. The first kappa shape index (κ1) is 16.3. The Kier molecular flexibility index (Phi) is 3.96. The molecule has 0 aliphatic carbocycles. The molecule has 2 heterocycles. The molecule has 0 atom stereocenters. The number of rotatable bonds is 3. The van der Waals surface area contributed by atoms with Crippen LogP contribution in [-0.4, -0.2) is 19.1 Å². The number of fused-ring (bicyclic) bond motifs is 1. The van der Waals surface area contributed by atoms with Gasteiger partial charge in [-0.05, 0) is 24.1 Å². The van der Waals surface area contributed by atoms with Gasteiger partial charge in [-0.3, -0.25) is 13.9 Å². The third-order valence-electron chi connectivity index (χ3n) is 3.79. The lowest BCUT2D eigenvalue weighted by Gasteiger charge is -2.10. The number of benzene rings is 1. The molecule has 0 amide bonds. The molecule has 126 valence electrons. The molecule has 3 aromatic rings. The van der Waals surface area contributed by atoms with Crippen LogP contribution in [0.3, 0.4) is 0 Å². The minimum atomic E-state index is -0.415. The van der Waals surface area contributed by atoms with E-state index in [1.165, 1.54) is 11.6 Å². The number of nitrogens with zero attached hydrogens (tertiary/aromatic N) is 3. The molecule has 0 saturated heterocycles. The summed E-state index contributed by atoms with van der Waals surface area (Å²) in [5.41, 5.74) is 6.88. The Morgan fingerprint density at radius 1 is 1.33 bits per heavy atom. The van der Waals surface area contributed by atoms with Crippen LogP contribution in [0.2, 0.25) is 5.02 Å². The highest BCUT2D eigenvalue weighted by Gasteiger charge is 2.18. The van der Waals surface area contributed by atoms with E-state index in [4.69, 9.17) is 17.3 Å². The summed E-state index contributed by atoms with van der Waals surface area (Å²) in [6, 6.07) is 5.04. The summed E-state index contributed by atoms with van der Waals surface area (Å²) < 4.78 is 2.59. The van der Waals surface area contributed by atoms with Gasteiger partial charge in [-0.25, -0.2) is 9.78 Å². The van der Waals surface area contributed by atoms with Gasteiger partial charge in [-0.1, -0.05) is 25.4 Å². The molecular weight excluding hydrogens is 330 g/mol. The maximum Gasteiger partial charge on any atom is 0.332 e. The molecule has 0 spiro atoms. The van der Waals surface area contributed by atoms with Gasteiger partial charge < -0.3 is 10.7 Å². The molecule has 2 aromatic heterocycles. The number of nitrogen functional groups attached to an aromatic ring is 1. The van der Waals surface area contributed by atoms with Crippen molar-refractivity contribution in [2.24, 2.45) is 13.0 Å². The summed E-state index contributed by atoms with van der Waals surface area (Å²) in [5, 5.41) is 0.514. The fraction of sp³-hybridized carbons (Fsp3) is 0.312. The Morgan fingerprint density at radius 2 is 2.04 bits per heavy atom. The molecule has 0 fully saturated rings. The Balaban J connectivity index is 2.33. The van der Waals surface area contributed by atoms with E-state index in [1.54, 1.807) is 18.2 Å². The molecule has 0 bridgehead atoms. The van der Waals surface area contributed by atoms with E-state index in [0.29, 0.717) is 34.3 Å². The number of nitrogens with one attached hydrogen (secondary N) is 1. The standard InChI is InChI=1S/C16H18ClN5O2/c1-8(2)7-22-14-12(15(23)21(3)16(22)24)19-13(20-14)10-5-4-9(17)6-11(10)18/h4-6,8H,7,18H2,1-3H3,(H,19,20). The first-order valence-electron chi connectivity index (χ1n) is 7.54. The number of hydrogen-bond donors (Lipinski definition) is 2. The zero-order valence-corrected chi connectivity index (χ0v) is 14.4. The Bertz CT molecular complexity index is 1050. The van der Waals surface area contributed by atoms with Crippen molar-refractivity contribution in [2.75, 3.05) is 5.73 Å². The van der Waals surface area contributed by atoms with Crippen molar-refractivity contribution in [1.82, 2.24) is 19.1 Å². The number of aromatic nitrogens is 4. The molecule has 3 N–H and O–H groups in total. The van der Waals surface area contributed by atoms with E-state index in [1.807, 2.05) is 13.8 Å². The first-order valence-corrected chi connectivity index (χ1v) is 7.92. The minimum Gasteiger partial charge on any atom is -0.398 e. The van der Waals surface area contributed by atoms with Gasteiger partial charge in [-0.15, -0.1) is 0 Å². The lowest BCUT2D eigenvalue weighted by molar-refractivity contribution is 0.500. The SMILES string of the molecule is CC(C)Cn1c(=O)n(C)c(=O)c2[nH]c(-c3ccc(Cl)cc3N)nc21. The number of anilines is 1. The van der Waals surface area contributed by atoms with Crippen LogP contribution in [0.1, 0.15) is 13.8 Å². The molecule has 24 heavy (non-hydrogen) atoms. The number of hydrogen-bond acceptors (Lipinski definition) is 4. The van der Waals surface area contributed by atoms with Gasteiger partial charge in [0, 0.05) is 29.9 Å². The summed E-state index contributed by atoms with van der Waals surface area (Å²) in [6.07, 6.45) is 0. The summed E-state index contributed by atoms with van der Waals surface area (Å²) in [5.74, 6) is 0.656. The molecule has 0 radical (unpaired) electrons. The number of halogens is 1. The maximum absolute atomic E-state index is 12.4. The number of imidazole rings is 1. The van der Waals surface area contributed by atoms with Crippen LogP contribution in [0.5, 0.6) is 0 Å². The number of H-pyrrole nitrogens is 1. The molecule has 7 nitrogen and oxygen atoms in total. The average molecular weight is 348 g/mol. The highest BCUT2D eigenvalue weighted by Crippen LogP contribution is 2.27. The molecule has 0 saturated carbocycles. The molecule has 0 unspecified atom stereocenters. The lowest BCUT2D eigenvalue weighted by Crippen LogP contribution is -2.38. The normalized spacial score (nSPS) is 11.5. The van der Waals surface area contributed by atoms with Gasteiger partial charge in [0.25, 0.3) is 5.56 Å². The van der Waals surface area contributed by atoms with Crippen LogP contribution in [0.25, 0.3) is 22.6 Å². The molecule has 0 aliphatic heterocycles. The Hall–Kier alpha value is -2.54. The first-order chi connectivity index (χ1) is 11.3. The van der Waals surface area contributed by atoms with E-state index < -0.39 is 5.56 Å². The fourth-order valence-electron chi connectivity index (χ4n) is 2.64. The van der Waals surface area contributed by atoms with Crippen LogP contribution in [-0.2, 0) is 13.6 Å². The lowest BCUT2D eigenvalue weighted by atomic mass is 10.2. The van der Waals surface area contributed by atoms with Crippen LogP contribution in [0.4, 0.5) is 5.69 Å². The van der Waals surface area contributed by atoms with E-state index in [2.05, 4.69) is 9.97 Å². The smallest absolute Gasteiger partial charge is 0.332 e. The van der Waals surface area contributed by atoms with Crippen molar-refractivity contribution >= 4 is 28.5 Å². The van der Waals surface area contributed by atoms with Crippen LogP contribution in [0, 0.1) is 5.92 Å². The third-order valence-corrected chi connectivity index (χ3v) is 4.03. The average Bonchev–Trinajstić information content (AvgIpc) is 2.94. The molecule has 1 aromatic carbocycles. The Labute approximate surface area is 142 Å². The topological polar surface area (TPSA) is 98.7 Å². The summed E-state index contributed by atoms with van der Waals surface area (Å²) in [6.45, 7) is 4.45. The van der Waals surface area contributed by atoms with E-state index >= 15 is 0 Å². The van der Waals surface area contributed by atoms with Crippen LogP contribution >= 0.6 is 11.6 Å². The number of nitrogens with two attached hydrogens (primary N) is 1. The second kappa shape index (κ2) is 5.83. The molecular formula is C16H18ClN5O2. The fourth-order valence-corrected chi connectivity index (χ4v) is 2.82. The summed E-state index contributed by atoms with van der Waals surface area (Å²) in [4.78, 5) is 32.3. The van der Waals surface area contributed by atoms with Crippen molar-refractivity contribution in [3.8, 4) is 11.4 Å². The van der Waals surface area contributed by atoms with Crippen molar-refractivity contribution in [2.45, 2.75) is 20.4 Å². The van der Waals surface area contributed by atoms with E-state index in [9.17, 15) is 9.59 Å². The number of aromatic amines is 1. The Morgan fingerprint density at radius 3 is 2.67 bits per heavy atom. The quantitative estimate of drug-likeness (QED) is 0.708. The monoisotopic (exact) mass is 347 g/mol. The van der Waals surface area contributed by atoms with Crippen LogP contribution < -0.4 is 17.0 Å². The third kappa shape index (κ3) is 2.60. The van der Waals surface area contributed by atoms with Crippen molar-refractivity contribution in [1.29, 1.82) is 0 Å². The zero-order chi connectivity index (χ0) is 17.6. The highest BCUT2D eigenvalue weighted by molar-refractivity contribution is 6.31. The van der Waals surface area contributed by atoms with Crippen molar-refractivity contribution in [3.63, 3.8) is 0 Å². The van der Waals surface area contributed by atoms with Crippen molar-refractivity contribution < 1.29 is 0 Å². The summed E-state index contributed by atoms with van der Waals surface area (Å²) >= 11 is 5.92. The van der Waals surface area contributed by atoms with Gasteiger partial charge in [0.2, 0.25) is 0 Å². The van der Waals surface area contributed by atoms with Gasteiger partial charge >= 0.3 is 5.69 Å². The van der Waals surface area contributed by atoms with Gasteiger partial charge in [0.15, 0.2) is 5.65 Å². The van der Waals surface area contributed by atoms with Gasteiger partial charge in [0.1, 0.15) is 11.3 Å². The molecule has 8 heteroatoms. The second-order valence-corrected chi connectivity index (χ2v) is 6.60. The predicted molar refractivity (Wildman–Crippen MR) is 95.3 cm³/mol. The predicted octanol–water partition coefficient (Wildman–Crippen LogP) is 1.98. The highest BCUT2D eigenvalue weighted by atomic mass is 35.5. The molecule has 3 rings (SSSR count). The second-order valence-electron chi connectivity index (χ2n) is 6.17. The molecule has 0 aliphatic rings. The largest absolute Gasteiger partial charge is 0.398 e. The van der Waals surface area contributed by atoms with E-state index in [0.717, 1.165) is 4.57 Å². The zero-order valence-electron chi connectivity index (χ0n) is 13.6. The van der Waals surface area contributed by atoms with Gasteiger partial charge in [0.05, 0.1) is 0 Å². The van der Waals surface area contributed by atoms with E-state index in [-0.39, 0.29) is 17.1 Å².